The minimum absolute atomic E-state index is 0.657. The van der Waals surface area contributed by atoms with Gasteiger partial charge < -0.3 is 9.80 Å². The van der Waals surface area contributed by atoms with Crippen molar-refractivity contribution >= 4 is 22.7 Å². The number of benzene rings is 1. The molecule has 1 saturated carbocycles. The van der Waals surface area contributed by atoms with E-state index in [1.165, 1.54) is 18.5 Å². The molecular formula is C20H22N6. The van der Waals surface area contributed by atoms with Gasteiger partial charge in [0.2, 0.25) is 0 Å². The molecule has 1 aliphatic heterocycles. The van der Waals surface area contributed by atoms with E-state index in [1.807, 2.05) is 37.4 Å². The van der Waals surface area contributed by atoms with Gasteiger partial charge in [-0.1, -0.05) is 12.1 Å². The fraction of sp³-hybridized carbons (Fsp3) is 0.400. The van der Waals surface area contributed by atoms with Gasteiger partial charge in [0.05, 0.1) is 17.2 Å². The van der Waals surface area contributed by atoms with Crippen LogP contribution in [0.4, 0.5) is 11.6 Å². The molecule has 3 aromatic rings. The number of nitrogens with zero attached hydrogens (tertiary/aromatic N) is 6. The van der Waals surface area contributed by atoms with Crippen LogP contribution in [0.15, 0.2) is 36.5 Å². The molecule has 1 saturated heterocycles. The van der Waals surface area contributed by atoms with Gasteiger partial charge in [0.15, 0.2) is 0 Å². The van der Waals surface area contributed by atoms with Crippen LogP contribution in [-0.4, -0.2) is 46.1 Å². The molecule has 0 unspecified atom stereocenters. The zero-order valence-corrected chi connectivity index (χ0v) is 15.0. The standard InChI is InChI=1S/C20H22N6/c1-14-22-18(15-6-7-15)12-19(23-14)25-8-10-26(11-9-25)20-13-21-16-4-2-3-5-17(16)24-20/h2-5,12-13,15H,6-11H2,1H3. The van der Waals surface area contributed by atoms with E-state index in [4.69, 9.17) is 4.98 Å². The van der Waals surface area contributed by atoms with Crippen molar-refractivity contribution in [2.45, 2.75) is 25.7 Å². The van der Waals surface area contributed by atoms with Gasteiger partial charge in [-0.2, -0.15) is 0 Å². The maximum atomic E-state index is 4.78. The Bertz CT molecular complexity index is 944. The molecule has 0 atom stereocenters. The second-order valence-corrected chi connectivity index (χ2v) is 7.16. The number of aryl methyl sites for hydroxylation is 1. The van der Waals surface area contributed by atoms with Crippen molar-refractivity contribution < 1.29 is 0 Å². The Morgan fingerprint density at radius 1 is 0.846 bits per heavy atom. The monoisotopic (exact) mass is 346 g/mol. The summed E-state index contributed by atoms with van der Waals surface area (Å²) in [6, 6.07) is 10.2. The van der Waals surface area contributed by atoms with Crippen LogP contribution < -0.4 is 9.80 Å². The Morgan fingerprint density at radius 3 is 2.27 bits per heavy atom. The summed E-state index contributed by atoms with van der Waals surface area (Å²) in [5, 5.41) is 0. The summed E-state index contributed by atoms with van der Waals surface area (Å²) in [7, 11) is 0. The number of hydrogen-bond acceptors (Lipinski definition) is 6. The van der Waals surface area contributed by atoms with E-state index in [0.29, 0.717) is 5.92 Å². The van der Waals surface area contributed by atoms with Gasteiger partial charge in [0.25, 0.3) is 0 Å². The van der Waals surface area contributed by atoms with Gasteiger partial charge in [-0.3, -0.25) is 4.98 Å². The lowest BCUT2D eigenvalue weighted by atomic mass is 10.2. The lowest BCUT2D eigenvalue weighted by Gasteiger charge is -2.36. The SMILES string of the molecule is Cc1nc(C2CC2)cc(N2CCN(c3cnc4ccccc4n3)CC2)n1. The summed E-state index contributed by atoms with van der Waals surface area (Å²) in [5.74, 6) is 3.57. The average molecular weight is 346 g/mol. The quantitative estimate of drug-likeness (QED) is 0.727. The molecule has 5 rings (SSSR count). The van der Waals surface area contributed by atoms with E-state index < -0.39 is 0 Å². The number of fused-ring (bicyclic) bond motifs is 1. The fourth-order valence-corrected chi connectivity index (χ4v) is 3.59. The summed E-state index contributed by atoms with van der Waals surface area (Å²) in [6.45, 7) is 5.73. The third kappa shape index (κ3) is 2.96. The molecule has 1 aromatic carbocycles. The molecule has 132 valence electrons. The zero-order chi connectivity index (χ0) is 17.5. The highest BCUT2D eigenvalue weighted by Crippen LogP contribution is 2.39. The molecule has 2 fully saturated rings. The molecule has 26 heavy (non-hydrogen) atoms. The number of rotatable bonds is 3. The van der Waals surface area contributed by atoms with E-state index in [0.717, 1.165) is 54.7 Å². The molecule has 2 aliphatic rings. The second-order valence-electron chi connectivity index (χ2n) is 7.16. The summed E-state index contributed by atoms with van der Waals surface area (Å²) in [6.07, 6.45) is 4.42. The van der Waals surface area contributed by atoms with Crippen molar-refractivity contribution in [3.63, 3.8) is 0 Å². The lowest BCUT2D eigenvalue weighted by Crippen LogP contribution is -2.47. The maximum absolute atomic E-state index is 4.78. The normalized spacial score (nSPS) is 17.7. The Kier molecular flexibility index (Phi) is 3.69. The molecule has 3 heterocycles. The van der Waals surface area contributed by atoms with Crippen LogP contribution in [0.2, 0.25) is 0 Å². The van der Waals surface area contributed by atoms with Crippen LogP contribution >= 0.6 is 0 Å². The Balaban J connectivity index is 1.32. The molecule has 0 amide bonds. The first kappa shape index (κ1) is 15.5. The first-order chi connectivity index (χ1) is 12.8. The molecule has 0 spiro atoms. The summed E-state index contributed by atoms with van der Waals surface area (Å²) >= 11 is 0. The molecule has 6 heteroatoms. The van der Waals surface area contributed by atoms with Gasteiger partial charge in [-0.25, -0.2) is 15.0 Å². The first-order valence-electron chi connectivity index (χ1n) is 9.33. The van der Waals surface area contributed by atoms with E-state index >= 15 is 0 Å². The van der Waals surface area contributed by atoms with Gasteiger partial charge in [0.1, 0.15) is 17.5 Å². The van der Waals surface area contributed by atoms with Crippen molar-refractivity contribution in [2.75, 3.05) is 36.0 Å². The van der Waals surface area contributed by atoms with Crippen LogP contribution in [0.5, 0.6) is 0 Å². The maximum Gasteiger partial charge on any atom is 0.147 e. The zero-order valence-electron chi connectivity index (χ0n) is 15.0. The van der Waals surface area contributed by atoms with Gasteiger partial charge >= 0.3 is 0 Å². The number of aromatic nitrogens is 4. The summed E-state index contributed by atoms with van der Waals surface area (Å²) < 4.78 is 0. The number of anilines is 2. The van der Waals surface area contributed by atoms with Gasteiger partial charge in [-0.05, 0) is 31.9 Å². The van der Waals surface area contributed by atoms with Crippen LogP contribution in [0.25, 0.3) is 11.0 Å². The third-order valence-corrected chi connectivity index (χ3v) is 5.20. The summed E-state index contributed by atoms with van der Waals surface area (Å²) in [4.78, 5) is 23.3. The van der Waals surface area contributed by atoms with Crippen LogP contribution in [0.1, 0.15) is 30.3 Å². The largest absolute Gasteiger partial charge is 0.353 e. The minimum Gasteiger partial charge on any atom is -0.353 e. The van der Waals surface area contributed by atoms with Crippen LogP contribution in [0, 0.1) is 6.92 Å². The molecule has 0 bridgehead atoms. The number of piperazine rings is 1. The molecular weight excluding hydrogens is 324 g/mol. The highest BCUT2D eigenvalue weighted by Gasteiger charge is 2.27. The molecule has 2 aromatic heterocycles. The Hall–Kier alpha value is -2.76. The van der Waals surface area contributed by atoms with Crippen molar-refractivity contribution in [3.8, 4) is 0 Å². The highest BCUT2D eigenvalue weighted by molar-refractivity contribution is 5.75. The van der Waals surface area contributed by atoms with E-state index in [9.17, 15) is 0 Å². The second kappa shape index (κ2) is 6.20. The summed E-state index contributed by atoms with van der Waals surface area (Å²) in [5.41, 5.74) is 3.11. The molecule has 1 aliphatic carbocycles. The molecule has 6 nitrogen and oxygen atoms in total. The minimum atomic E-state index is 0.657. The smallest absolute Gasteiger partial charge is 0.147 e. The van der Waals surface area contributed by atoms with E-state index in [2.05, 4.69) is 30.8 Å². The first-order valence-corrected chi connectivity index (χ1v) is 9.33. The third-order valence-electron chi connectivity index (χ3n) is 5.20. The van der Waals surface area contributed by atoms with Gasteiger partial charge in [0, 0.05) is 43.9 Å². The predicted molar refractivity (Wildman–Crippen MR) is 103 cm³/mol. The van der Waals surface area contributed by atoms with Crippen molar-refractivity contribution in [1.82, 2.24) is 19.9 Å². The molecule has 0 radical (unpaired) electrons. The fourth-order valence-electron chi connectivity index (χ4n) is 3.59. The topological polar surface area (TPSA) is 58.0 Å². The predicted octanol–water partition coefficient (Wildman–Crippen LogP) is 2.93. The van der Waals surface area contributed by atoms with Crippen LogP contribution in [-0.2, 0) is 0 Å². The average Bonchev–Trinajstić information content (AvgIpc) is 3.53. The van der Waals surface area contributed by atoms with E-state index in [-0.39, 0.29) is 0 Å². The van der Waals surface area contributed by atoms with E-state index in [1.54, 1.807) is 0 Å². The van der Waals surface area contributed by atoms with Gasteiger partial charge in [-0.15, -0.1) is 0 Å². The number of para-hydroxylation sites is 2. The lowest BCUT2D eigenvalue weighted by molar-refractivity contribution is 0.639. The Morgan fingerprint density at radius 2 is 1.54 bits per heavy atom. The number of hydrogen-bond donors (Lipinski definition) is 0. The van der Waals surface area contributed by atoms with Crippen molar-refractivity contribution in [1.29, 1.82) is 0 Å². The van der Waals surface area contributed by atoms with Crippen molar-refractivity contribution in [2.24, 2.45) is 0 Å². The van der Waals surface area contributed by atoms with Crippen molar-refractivity contribution in [3.05, 3.63) is 48.0 Å². The highest BCUT2D eigenvalue weighted by atomic mass is 15.3. The molecule has 0 N–H and O–H groups in total. The van der Waals surface area contributed by atoms with Crippen LogP contribution in [0.3, 0.4) is 0 Å². The Labute approximate surface area is 152 Å².